The summed E-state index contributed by atoms with van der Waals surface area (Å²) >= 11 is 18.2. The highest BCUT2D eigenvalue weighted by Crippen LogP contribution is 2.30. The minimum atomic E-state index is -2.82. The lowest BCUT2D eigenvalue weighted by Crippen LogP contribution is -2.32. The number of esters is 5. The van der Waals surface area contributed by atoms with Crippen LogP contribution in [0.4, 0.5) is 0 Å². The Morgan fingerprint density at radius 1 is 0.489 bits per heavy atom. The zero-order valence-corrected chi connectivity index (χ0v) is 68.1. The average molecular weight is 1750 g/mol. The van der Waals surface area contributed by atoms with E-state index in [1.165, 1.54) is 47.5 Å². The molecule has 94 heavy (non-hydrogen) atoms. The highest BCUT2D eigenvalue weighted by atomic mass is 79.9. The summed E-state index contributed by atoms with van der Waals surface area (Å²) in [4.78, 5) is 64.6. The number of alkyl halides is 5. The maximum Gasteiger partial charge on any atom is 0.327 e. The van der Waals surface area contributed by atoms with Gasteiger partial charge in [-0.3, -0.25) is 24.0 Å². The summed E-state index contributed by atoms with van der Waals surface area (Å²) in [5, 5.41) is 0. The van der Waals surface area contributed by atoms with E-state index in [-0.39, 0.29) is 99.4 Å². The molecule has 3 saturated heterocycles. The minimum Gasteiger partial charge on any atom is -0.426 e. The minimum absolute atomic E-state index is 0.0133. The van der Waals surface area contributed by atoms with Crippen molar-refractivity contribution in [2.45, 2.75) is 107 Å². The molecule has 3 fully saturated rings. The fraction of sp³-hybridized carbons (Fsp3) is 0.406. The molecule has 3 aliphatic heterocycles. The van der Waals surface area contributed by atoms with Crippen molar-refractivity contribution in [2.75, 3.05) is 89.5 Å². The summed E-state index contributed by atoms with van der Waals surface area (Å²) in [5.41, 5.74) is 0. The third-order valence-electron chi connectivity index (χ3n) is 13.8. The first-order valence-electron chi connectivity index (χ1n) is 30.0. The van der Waals surface area contributed by atoms with Crippen LogP contribution in [0.2, 0.25) is 0 Å². The molecule has 0 amide bonds. The second kappa shape index (κ2) is 41.0. The third kappa shape index (κ3) is 29.1. The molecule has 0 spiro atoms. The van der Waals surface area contributed by atoms with Crippen molar-refractivity contribution in [3.8, 4) is 28.7 Å². The Kier molecular flexibility index (Phi) is 35.6. The van der Waals surface area contributed by atoms with Gasteiger partial charge in [-0.15, -0.1) is 0 Å². The van der Waals surface area contributed by atoms with Crippen LogP contribution >= 0.6 is 91.4 Å². The van der Waals surface area contributed by atoms with Crippen LogP contribution in [0, 0.1) is 0 Å². The van der Waals surface area contributed by atoms with Crippen LogP contribution in [-0.2, 0) is 93.0 Å². The monoisotopic (exact) mass is 1740 g/mol. The van der Waals surface area contributed by atoms with Crippen LogP contribution < -0.4 is 23.7 Å². The summed E-state index contributed by atoms with van der Waals surface area (Å²) in [6.07, 6.45) is 7.19. The molecule has 25 heteroatoms. The SMILES string of the molecule is CC(Br)C(=O)Oc1ccc([S+]2CCOCC2)cc1.CC(Br)C(=O)Oc1ccc([S+]2CCS(=O)(=O)CC2)cc1.CC(Br)C(=O)Oc1ccc([S+]2CCSCC2)cc1.CCC(C)(Br)C(=O)Oc1ccc([S+](C)c2ccccc2)cc1.C[S+](C)c1ccc(OC(=O)C(C)(C)Br)cc1. The Labute approximate surface area is 617 Å². The van der Waals surface area contributed by atoms with E-state index in [1.54, 1.807) is 46.8 Å². The number of thioether (sulfide) groups is 1. The van der Waals surface area contributed by atoms with Crippen LogP contribution in [0.15, 0.2) is 181 Å². The molecule has 0 saturated carbocycles. The van der Waals surface area contributed by atoms with E-state index >= 15 is 0 Å². The Morgan fingerprint density at radius 3 is 1.18 bits per heavy atom. The van der Waals surface area contributed by atoms with Crippen LogP contribution in [0.3, 0.4) is 0 Å². The van der Waals surface area contributed by atoms with Gasteiger partial charge in [0.2, 0.25) is 0 Å². The first kappa shape index (κ1) is 81.8. The maximum atomic E-state index is 12.0. The molecular weight excluding hydrogens is 1660 g/mol. The Balaban J connectivity index is 0.000000214. The van der Waals surface area contributed by atoms with Gasteiger partial charge in [0.25, 0.3) is 0 Å². The molecule has 0 bridgehead atoms. The van der Waals surface area contributed by atoms with E-state index in [2.05, 4.69) is 147 Å². The van der Waals surface area contributed by atoms with Gasteiger partial charge in [0.15, 0.2) is 39.2 Å². The fourth-order valence-corrected chi connectivity index (χ4v) is 21.3. The summed E-state index contributed by atoms with van der Waals surface area (Å²) in [5.74, 6) is 10.7. The van der Waals surface area contributed by atoms with Crippen molar-refractivity contribution in [1.82, 2.24) is 0 Å². The van der Waals surface area contributed by atoms with Crippen molar-refractivity contribution in [3.63, 3.8) is 0 Å². The van der Waals surface area contributed by atoms with Crippen molar-refractivity contribution in [1.29, 1.82) is 0 Å². The van der Waals surface area contributed by atoms with Crippen LogP contribution in [0.5, 0.6) is 28.7 Å². The molecule has 510 valence electrons. The van der Waals surface area contributed by atoms with Gasteiger partial charge in [-0.05, 0) is 181 Å². The van der Waals surface area contributed by atoms with Gasteiger partial charge < -0.3 is 28.4 Å². The molecule has 6 aromatic rings. The number of sulfone groups is 1. The lowest BCUT2D eigenvalue weighted by Gasteiger charge is -2.18. The second-order valence-electron chi connectivity index (χ2n) is 22.0. The number of rotatable bonds is 17. The van der Waals surface area contributed by atoms with E-state index < -0.39 is 18.5 Å². The normalized spacial score (nSPS) is 16.8. The van der Waals surface area contributed by atoms with Gasteiger partial charge in [0, 0.05) is 55.1 Å². The van der Waals surface area contributed by atoms with Gasteiger partial charge in [0.05, 0.1) is 35.6 Å². The fourth-order valence-electron chi connectivity index (χ4n) is 7.94. The Hall–Kier alpha value is -2.92. The molecule has 9 rings (SSSR count). The zero-order valence-electron chi connectivity index (χ0n) is 54.4. The summed E-state index contributed by atoms with van der Waals surface area (Å²) in [7, 11) is -1.91. The summed E-state index contributed by atoms with van der Waals surface area (Å²) < 4.78 is 53.2. The van der Waals surface area contributed by atoms with E-state index in [0.29, 0.717) is 57.6 Å². The van der Waals surface area contributed by atoms with E-state index in [9.17, 15) is 32.4 Å². The molecular formula is C69H84Br5O13S7+5. The number of hydrogen-bond donors (Lipinski definition) is 0. The first-order valence-corrected chi connectivity index (χ1v) is 45.7. The van der Waals surface area contributed by atoms with Crippen molar-refractivity contribution in [3.05, 3.63) is 152 Å². The molecule has 3 heterocycles. The molecule has 0 aliphatic carbocycles. The maximum absolute atomic E-state index is 12.0. The van der Waals surface area contributed by atoms with Gasteiger partial charge in [-0.25, -0.2) is 8.42 Å². The highest BCUT2D eigenvalue weighted by molar-refractivity contribution is 9.10. The predicted molar refractivity (Wildman–Crippen MR) is 413 cm³/mol. The first-order chi connectivity index (χ1) is 44.4. The summed E-state index contributed by atoms with van der Waals surface area (Å²) in [6.45, 7) is 14.2. The number of halogens is 5. The lowest BCUT2D eigenvalue weighted by atomic mass is 10.1. The Morgan fingerprint density at radius 2 is 0.819 bits per heavy atom. The largest absolute Gasteiger partial charge is 0.426 e. The number of hydrogen-bond acceptors (Lipinski definition) is 14. The van der Waals surface area contributed by atoms with Crippen LogP contribution in [0.1, 0.15) is 54.9 Å². The van der Waals surface area contributed by atoms with Crippen molar-refractivity contribution in [2.24, 2.45) is 0 Å². The second-order valence-corrected chi connectivity index (χ2v) is 44.3. The molecule has 5 unspecified atom stereocenters. The van der Waals surface area contributed by atoms with Crippen molar-refractivity contribution < 1.29 is 60.8 Å². The quantitative estimate of drug-likeness (QED) is 0.0365. The molecule has 6 aromatic carbocycles. The molecule has 13 nitrogen and oxygen atoms in total. The lowest BCUT2D eigenvalue weighted by molar-refractivity contribution is -0.137. The van der Waals surface area contributed by atoms with Gasteiger partial charge in [0.1, 0.15) is 105 Å². The zero-order chi connectivity index (χ0) is 69.2. The Bertz CT molecular complexity index is 3330. The molecule has 5 atom stereocenters. The highest BCUT2D eigenvalue weighted by Gasteiger charge is 2.34. The van der Waals surface area contributed by atoms with Gasteiger partial charge in [-0.2, -0.15) is 11.8 Å². The number of carbonyl (C=O) groups is 5. The van der Waals surface area contributed by atoms with Crippen LogP contribution in [-0.4, -0.2) is 151 Å². The third-order valence-corrected chi connectivity index (χ3v) is 29.9. The van der Waals surface area contributed by atoms with E-state index in [4.69, 9.17) is 28.4 Å². The average Bonchev–Trinajstić information content (AvgIpc) is 0.888. The van der Waals surface area contributed by atoms with E-state index in [0.717, 1.165) is 29.6 Å². The smallest absolute Gasteiger partial charge is 0.327 e. The number of carbonyl (C=O) groups excluding carboxylic acids is 5. The van der Waals surface area contributed by atoms with Crippen LogP contribution in [0.25, 0.3) is 0 Å². The van der Waals surface area contributed by atoms with Gasteiger partial charge in [-0.1, -0.05) is 105 Å². The topological polar surface area (TPSA) is 175 Å². The number of ether oxygens (including phenoxy) is 6. The van der Waals surface area contributed by atoms with Gasteiger partial charge >= 0.3 is 29.8 Å². The predicted octanol–water partition coefficient (Wildman–Crippen LogP) is 15.1. The van der Waals surface area contributed by atoms with E-state index in [1.807, 2.05) is 117 Å². The number of benzene rings is 6. The standard InChI is InChI=1S/C18H20BrO2S.C13H16BrO4S2.C13H16BrO3S.C13H16BrO2S2.C12H16BrO2S/c1-4-18(2,19)17(20)21-14-10-12-16(13-11-14)22(3)15-8-6-5-7-9-15;1-10(14)13(15)18-11-2-4-12(5-3-11)19-6-8-20(16,17)9-7-19;1-10(14)13(15)17-11-2-4-12(5-3-11)18-8-6-16-7-9-18;1-10(14)13(15)16-11-2-4-12(5-3-11)18-8-6-17-7-9-18;1-12(2,13)11(14)15-9-5-7-10(8-6-9)16(3)4/h5-13H,4H2,1-3H3;2-5,10H,6-9H2,1H3;2*2-5,10H,6-9H2,1H3;5-8H,1-4H3/q5*+1. The molecule has 3 aliphatic rings. The molecule has 0 aromatic heterocycles. The molecule has 0 radical (unpaired) electrons. The summed E-state index contributed by atoms with van der Waals surface area (Å²) in [6, 6.07) is 49.0. The molecule has 0 N–H and O–H groups in total. The van der Waals surface area contributed by atoms with Crippen molar-refractivity contribution >= 4 is 186 Å².